The van der Waals surface area contributed by atoms with E-state index in [2.05, 4.69) is 20.9 Å². The number of aliphatic hydroxyl groups excluding tert-OH is 1. The number of aromatic nitrogens is 3. The summed E-state index contributed by atoms with van der Waals surface area (Å²) in [6, 6.07) is 27.3. The third-order valence-corrected chi connectivity index (χ3v) is 9.49. The first-order valence-corrected chi connectivity index (χ1v) is 16.2. The highest BCUT2D eigenvalue weighted by Crippen LogP contribution is 2.50. The van der Waals surface area contributed by atoms with Gasteiger partial charge < -0.3 is 28.6 Å². The molecule has 0 aliphatic rings. The molecule has 0 amide bonds. The molecule has 9 nitrogen and oxygen atoms in total. The molecule has 3 heterocycles. The highest BCUT2D eigenvalue weighted by atomic mass is 32.1. The first-order valence-electron chi connectivity index (χ1n) is 14.7. The second kappa shape index (κ2) is 12.8. The van der Waals surface area contributed by atoms with Gasteiger partial charge in [0, 0.05) is 21.7 Å². The topological polar surface area (TPSA) is 105 Å². The van der Waals surface area contributed by atoms with Crippen LogP contribution in [-0.4, -0.2) is 38.3 Å². The number of ether oxygens (including phenoxy) is 4. The molecule has 11 heteroatoms. The van der Waals surface area contributed by atoms with Crippen molar-refractivity contribution in [1.29, 1.82) is 0 Å². The minimum absolute atomic E-state index is 0.101. The Bertz CT molecular complexity index is 2200. The van der Waals surface area contributed by atoms with Gasteiger partial charge in [-0.05, 0) is 53.9 Å². The Balaban J connectivity index is 1.45. The van der Waals surface area contributed by atoms with E-state index in [1.165, 1.54) is 11.7 Å². The van der Waals surface area contributed by atoms with Crippen LogP contribution in [0.3, 0.4) is 0 Å². The molecule has 0 saturated carbocycles. The molecule has 0 aliphatic carbocycles. The Morgan fingerprint density at radius 2 is 1.74 bits per heavy atom. The number of benzene rings is 4. The van der Waals surface area contributed by atoms with Gasteiger partial charge in [-0.1, -0.05) is 48.5 Å². The third-order valence-electron chi connectivity index (χ3n) is 7.76. The van der Waals surface area contributed by atoms with Crippen molar-refractivity contribution in [3.8, 4) is 28.5 Å². The lowest BCUT2D eigenvalue weighted by Gasteiger charge is -2.16. The number of methoxy groups -OCH3 is 1. The smallest absolute Gasteiger partial charge is 0.497 e. The fourth-order valence-electron chi connectivity index (χ4n) is 5.60. The van der Waals surface area contributed by atoms with Gasteiger partial charge in [-0.2, -0.15) is 8.75 Å². The standard InChI is InChI=1S/C35H29N3O6S2/c1-3-42-35(40)44-34-31(25-14-13-24(41-2)17-29(25)43-20-23-9-5-4-8-22(23)19-39)33-32(26-10-6-7-11-30(26)45-33)38(34)18-21-12-15-27-28(16-21)37-46-36-27/h4-17,39H,3,18-20H2,1-2H3. The summed E-state index contributed by atoms with van der Waals surface area (Å²) in [5, 5.41) is 10.9. The molecule has 46 heavy (non-hydrogen) atoms. The van der Waals surface area contributed by atoms with Crippen LogP contribution in [0.15, 0.2) is 84.9 Å². The first kappa shape index (κ1) is 29.7. The van der Waals surface area contributed by atoms with Gasteiger partial charge in [-0.25, -0.2) is 4.79 Å². The Hall–Kier alpha value is -4.97. The van der Waals surface area contributed by atoms with E-state index in [1.54, 1.807) is 25.4 Å². The summed E-state index contributed by atoms with van der Waals surface area (Å²) < 4.78 is 36.3. The third kappa shape index (κ3) is 5.53. The molecule has 3 aromatic heterocycles. The summed E-state index contributed by atoms with van der Waals surface area (Å²) in [5.41, 5.74) is 6.60. The molecule has 0 unspecified atom stereocenters. The largest absolute Gasteiger partial charge is 0.515 e. The lowest BCUT2D eigenvalue weighted by Crippen LogP contribution is -2.14. The minimum atomic E-state index is -0.800. The van der Waals surface area contributed by atoms with Gasteiger partial charge in [-0.15, -0.1) is 11.3 Å². The maximum absolute atomic E-state index is 13.0. The molecular weight excluding hydrogens is 623 g/mol. The number of rotatable bonds is 10. The maximum Gasteiger partial charge on any atom is 0.515 e. The van der Waals surface area contributed by atoms with Crippen LogP contribution in [0.1, 0.15) is 23.6 Å². The summed E-state index contributed by atoms with van der Waals surface area (Å²) in [6.07, 6.45) is -0.800. The summed E-state index contributed by atoms with van der Waals surface area (Å²) >= 11 is 2.79. The highest BCUT2D eigenvalue weighted by Gasteiger charge is 2.29. The SMILES string of the molecule is CCOC(=O)Oc1c(-c2ccc(OC)cc2OCc2ccccc2CO)c2sc3ccccc3c2n1Cc1ccc2nsnc2c1. The lowest BCUT2D eigenvalue weighted by atomic mass is 10.1. The Morgan fingerprint density at radius 3 is 2.57 bits per heavy atom. The Kier molecular flexibility index (Phi) is 8.27. The van der Waals surface area contributed by atoms with Crippen LogP contribution in [0.5, 0.6) is 17.4 Å². The maximum atomic E-state index is 13.0. The van der Waals surface area contributed by atoms with Crippen molar-refractivity contribution in [3.05, 3.63) is 102 Å². The Morgan fingerprint density at radius 1 is 0.935 bits per heavy atom. The molecular formula is C35H29N3O6S2. The number of hydrogen-bond acceptors (Lipinski definition) is 10. The van der Waals surface area contributed by atoms with Gasteiger partial charge in [0.15, 0.2) is 0 Å². The van der Waals surface area contributed by atoms with E-state index in [9.17, 15) is 9.90 Å². The van der Waals surface area contributed by atoms with Crippen molar-refractivity contribution >= 4 is 60.6 Å². The van der Waals surface area contributed by atoms with E-state index in [4.69, 9.17) is 18.9 Å². The zero-order chi connectivity index (χ0) is 31.6. The van der Waals surface area contributed by atoms with Crippen LogP contribution in [-0.2, 0) is 24.5 Å². The van der Waals surface area contributed by atoms with Crippen molar-refractivity contribution in [2.45, 2.75) is 26.7 Å². The monoisotopic (exact) mass is 651 g/mol. The highest BCUT2D eigenvalue weighted by molar-refractivity contribution is 7.26. The molecule has 0 radical (unpaired) electrons. The van der Waals surface area contributed by atoms with Crippen LogP contribution in [0.25, 0.3) is 42.5 Å². The summed E-state index contributed by atoms with van der Waals surface area (Å²) in [7, 11) is 1.60. The fraction of sp³-hybridized carbons (Fsp3) is 0.171. The van der Waals surface area contributed by atoms with E-state index in [0.717, 1.165) is 53.6 Å². The molecule has 0 saturated heterocycles. The van der Waals surface area contributed by atoms with Gasteiger partial charge in [0.1, 0.15) is 29.1 Å². The predicted octanol–water partition coefficient (Wildman–Crippen LogP) is 8.19. The normalized spacial score (nSPS) is 11.4. The van der Waals surface area contributed by atoms with Crippen LogP contribution in [0, 0.1) is 0 Å². The molecule has 0 spiro atoms. The van der Waals surface area contributed by atoms with E-state index in [-0.39, 0.29) is 19.8 Å². The van der Waals surface area contributed by atoms with E-state index in [0.29, 0.717) is 29.5 Å². The van der Waals surface area contributed by atoms with Crippen molar-refractivity contribution in [1.82, 2.24) is 13.3 Å². The van der Waals surface area contributed by atoms with Gasteiger partial charge in [0.2, 0.25) is 5.88 Å². The summed E-state index contributed by atoms with van der Waals surface area (Å²) in [5.74, 6) is 1.49. The molecule has 1 N–H and O–H groups in total. The molecule has 0 aliphatic heterocycles. The van der Waals surface area contributed by atoms with E-state index < -0.39 is 6.16 Å². The van der Waals surface area contributed by atoms with Gasteiger partial charge in [0.25, 0.3) is 0 Å². The Labute approximate surface area is 272 Å². The van der Waals surface area contributed by atoms with Gasteiger partial charge >= 0.3 is 6.16 Å². The summed E-state index contributed by atoms with van der Waals surface area (Å²) in [6.45, 7) is 2.42. The molecule has 0 fully saturated rings. The van der Waals surface area contributed by atoms with Crippen molar-refractivity contribution in [3.63, 3.8) is 0 Å². The number of nitrogens with zero attached hydrogens (tertiary/aromatic N) is 3. The molecule has 4 aromatic carbocycles. The van der Waals surface area contributed by atoms with Crippen LogP contribution in [0.2, 0.25) is 0 Å². The van der Waals surface area contributed by atoms with Crippen molar-refractivity contribution in [2.24, 2.45) is 0 Å². The predicted molar refractivity (Wildman–Crippen MR) is 180 cm³/mol. The van der Waals surface area contributed by atoms with E-state index >= 15 is 0 Å². The fourth-order valence-corrected chi connectivity index (χ4v) is 7.37. The summed E-state index contributed by atoms with van der Waals surface area (Å²) in [4.78, 5) is 13.0. The second-order valence-corrected chi connectivity index (χ2v) is 12.1. The average Bonchev–Trinajstić information content (AvgIpc) is 3.77. The van der Waals surface area contributed by atoms with Crippen LogP contribution in [0.4, 0.5) is 4.79 Å². The number of fused-ring (bicyclic) bond motifs is 4. The number of hydrogen-bond donors (Lipinski definition) is 1. The van der Waals surface area contributed by atoms with Crippen molar-refractivity contribution in [2.75, 3.05) is 13.7 Å². The minimum Gasteiger partial charge on any atom is -0.497 e. The molecule has 0 atom stereocenters. The van der Waals surface area contributed by atoms with Gasteiger partial charge in [-0.3, -0.25) is 0 Å². The second-order valence-electron chi connectivity index (χ2n) is 10.5. The van der Waals surface area contributed by atoms with Crippen molar-refractivity contribution < 1.29 is 28.8 Å². The average molecular weight is 652 g/mol. The molecule has 0 bridgehead atoms. The van der Waals surface area contributed by atoms with Crippen LogP contribution >= 0.6 is 23.1 Å². The quantitative estimate of drug-likeness (QED) is 0.148. The molecule has 232 valence electrons. The van der Waals surface area contributed by atoms with Crippen LogP contribution < -0.4 is 14.2 Å². The zero-order valence-electron chi connectivity index (χ0n) is 25.1. The van der Waals surface area contributed by atoms with Gasteiger partial charge in [0.05, 0.1) is 54.4 Å². The number of thiophene rings is 1. The number of carbonyl (C=O) groups is 1. The zero-order valence-corrected chi connectivity index (χ0v) is 26.7. The lowest BCUT2D eigenvalue weighted by molar-refractivity contribution is 0.101. The first-order chi connectivity index (χ1) is 22.6. The number of aliphatic hydroxyl groups is 1. The number of carbonyl (C=O) groups excluding carboxylic acids is 1. The molecule has 7 aromatic rings. The molecule has 7 rings (SSSR count). The van der Waals surface area contributed by atoms with E-state index in [1.807, 2.05) is 77.4 Å².